The van der Waals surface area contributed by atoms with Gasteiger partial charge in [-0.1, -0.05) is 11.6 Å². The molecule has 0 spiro atoms. The van der Waals surface area contributed by atoms with E-state index in [9.17, 15) is 8.42 Å². The summed E-state index contributed by atoms with van der Waals surface area (Å²) in [5.74, 6) is 0. The second-order valence-corrected chi connectivity index (χ2v) is 3.40. The van der Waals surface area contributed by atoms with Crippen molar-refractivity contribution in [3.8, 4) is 0 Å². The molecular formula is C4H4ClLiN2O3S. The van der Waals surface area contributed by atoms with E-state index in [1.54, 1.807) is 0 Å². The third-order valence-corrected chi connectivity index (χ3v) is 2.18. The second-order valence-electron chi connectivity index (χ2n) is 1.65. The zero-order chi connectivity index (χ0) is 8.48. The van der Waals surface area contributed by atoms with Crippen molar-refractivity contribution < 1.29 is 33.3 Å². The van der Waals surface area contributed by atoms with Crippen LogP contribution in [0.4, 0.5) is 0 Å². The minimum atomic E-state index is -4.29. The van der Waals surface area contributed by atoms with Gasteiger partial charge in [-0.25, -0.2) is 9.97 Å². The molecule has 0 saturated carbocycles. The van der Waals surface area contributed by atoms with Gasteiger partial charge in [0.15, 0.2) is 5.15 Å². The standard InChI is InChI=1S/C4H3ClN2O3S.Li.H/c5-4-3(11(8,9)10)1-6-2-7-4;;/h1-2H,(H,8,9,10);;/q;+1;-1. The van der Waals surface area contributed by atoms with Crippen LogP contribution < -0.4 is 18.9 Å². The molecule has 0 bridgehead atoms. The Morgan fingerprint density at radius 1 is 1.58 bits per heavy atom. The van der Waals surface area contributed by atoms with E-state index in [0.717, 1.165) is 12.5 Å². The first kappa shape index (κ1) is 11.9. The van der Waals surface area contributed by atoms with Gasteiger partial charge >= 0.3 is 18.9 Å². The summed E-state index contributed by atoms with van der Waals surface area (Å²) >= 11 is 5.32. The Morgan fingerprint density at radius 3 is 2.50 bits per heavy atom. The molecule has 0 aromatic carbocycles. The number of hydrogen-bond acceptors (Lipinski definition) is 4. The minimum Gasteiger partial charge on any atom is -1.00 e. The van der Waals surface area contributed by atoms with Crippen molar-refractivity contribution in [1.29, 1.82) is 0 Å². The van der Waals surface area contributed by atoms with Crippen molar-refractivity contribution in [3.05, 3.63) is 17.7 Å². The van der Waals surface area contributed by atoms with Gasteiger partial charge in [-0.05, 0) is 0 Å². The van der Waals surface area contributed by atoms with Gasteiger partial charge in [-0.2, -0.15) is 8.42 Å². The Balaban J connectivity index is 0. The summed E-state index contributed by atoms with van der Waals surface area (Å²) in [6.45, 7) is 0. The molecule has 0 saturated heterocycles. The molecular weight excluding hydrogens is 199 g/mol. The average molecular weight is 203 g/mol. The van der Waals surface area contributed by atoms with Crippen LogP contribution in [0.5, 0.6) is 0 Å². The second kappa shape index (κ2) is 4.21. The smallest absolute Gasteiger partial charge is 1.00 e. The first-order valence-electron chi connectivity index (χ1n) is 2.45. The van der Waals surface area contributed by atoms with Crippen LogP contribution in [0.2, 0.25) is 5.15 Å². The molecule has 1 N–H and O–H groups in total. The van der Waals surface area contributed by atoms with Gasteiger partial charge in [0.05, 0.1) is 6.20 Å². The van der Waals surface area contributed by atoms with Crippen LogP contribution in [0.15, 0.2) is 17.4 Å². The van der Waals surface area contributed by atoms with E-state index >= 15 is 0 Å². The van der Waals surface area contributed by atoms with Crippen molar-refractivity contribution in [1.82, 2.24) is 9.97 Å². The summed E-state index contributed by atoms with van der Waals surface area (Å²) in [6.07, 6.45) is 2.00. The summed E-state index contributed by atoms with van der Waals surface area (Å²) in [7, 11) is -4.29. The molecule has 12 heavy (non-hydrogen) atoms. The number of aromatic nitrogens is 2. The van der Waals surface area contributed by atoms with Gasteiger partial charge in [0.25, 0.3) is 10.1 Å². The van der Waals surface area contributed by atoms with E-state index in [4.69, 9.17) is 16.2 Å². The summed E-state index contributed by atoms with van der Waals surface area (Å²) in [6, 6.07) is 0. The first-order chi connectivity index (χ1) is 5.02. The maximum absolute atomic E-state index is 10.4. The Kier molecular flexibility index (Phi) is 4.17. The first-order valence-corrected chi connectivity index (χ1v) is 4.26. The van der Waals surface area contributed by atoms with Crippen molar-refractivity contribution in [2.45, 2.75) is 4.90 Å². The molecule has 0 aliphatic carbocycles. The summed E-state index contributed by atoms with van der Waals surface area (Å²) in [5, 5.41) is -0.289. The van der Waals surface area contributed by atoms with Crippen molar-refractivity contribution in [2.75, 3.05) is 0 Å². The molecule has 0 amide bonds. The molecule has 1 aromatic rings. The molecule has 1 aromatic heterocycles. The van der Waals surface area contributed by atoms with Crippen LogP contribution in [0.25, 0.3) is 0 Å². The minimum absolute atomic E-state index is 0. The molecule has 0 aliphatic heterocycles. The van der Waals surface area contributed by atoms with Gasteiger partial charge in [-0.3, -0.25) is 4.55 Å². The Bertz CT molecular complexity index is 373. The predicted octanol–water partition coefficient (Wildman–Crippen LogP) is -2.51. The van der Waals surface area contributed by atoms with Crippen LogP contribution in [0, 0.1) is 0 Å². The monoisotopic (exact) mass is 202 g/mol. The SMILES string of the molecule is O=S(=O)(O)c1cncnc1Cl.[H-].[Li+]. The van der Waals surface area contributed by atoms with Crippen LogP contribution in [0.1, 0.15) is 1.43 Å². The number of nitrogens with zero attached hydrogens (tertiary/aromatic N) is 2. The van der Waals surface area contributed by atoms with E-state index in [-0.39, 0.29) is 25.4 Å². The summed E-state index contributed by atoms with van der Waals surface area (Å²) in [4.78, 5) is 6.25. The fraction of sp³-hybridized carbons (Fsp3) is 0. The Hall–Kier alpha value is -0.123. The largest absolute Gasteiger partial charge is 1.00 e. The fourth-order valence-corrected chi connectivity index (χ4v) is 1.32. The molecule has 0 unspecified atom stereocenters. The van der Waals surface area contributed by atoms with Crippen molar-refractivity contribution in [3.63, 3.8) is 0 Å². The van der Waals surface area contributed by atoms with E-state index in [2.05, 4.69) is 9.97 Å². The molecule has 0 fully saturated rings. The molecule has 5 nitrogen and oxygen atoms in total. The van der Waals surface area contributed by atoms with E-state index < -0.39 is 15.0 Å². The molecule has 1 heterocycles. The van der Waals surface area contributed by atoms with Crippen molar-refractivity contribution >= 4 is 21.7 Å². The molecule has 1 rings (SSSR count). The Labute approximate surface area is 87.6 Å². The van der Waals surface area contributed by atoms with Gasteiger partial charge in [0.1, 0.15) is 11.2 Å². The molecule has 62 valence electrons. The van der Waals surface area contributed by atoms with E-state index in [0.29, 0.717) is 0 Å². The van der Waals surface area contributed by atoms with Crippen LogP contribution in [-0.2, 0) is 10.1 Å². The number of hydrogen-bond donors (Lipinski definition) is 1. The molecule has 0 atom stereocenters. The molecule has 0 aliphatic rings. The normalized spacial score (nSPS) is 10.5. The van der Waals surface area contributed by atoms with Gasteiger partial charge in [0.2, 0.25) is 0 Å². The molecule has 8 heteroatoms. The van der Waals surface area contributed by atoms with Crippen molar-refractivity contribution in [2.24, 2.45) is 0 Å². The average Bonchev–Trinajstić information content (AvgIpc) is 1.86. The fourth-order valence-electron chi connectivity index (χ4n) is 0.475. The Morgan fingerprint density at radius 2 is 2.17 bits per heavy atom. The predicted molar refractivity (Wildman–Crippen MR) is 38.0 cm³/mol. The van der Waals surface area contributed by atoms with Crippen LogP contribution in [0.3, 0.4) is 0 Å². The quantitative estimate of drug-likeness (QED) is 0.309. The number of halogens is 1. The topological polar surface area (TPSA) is 80.2 Å². The molecule has 0 radical (unpaired) electrons. The maximum Gasteiger partial charge on any atom is 1.00 e. The maximum atomic E-state index is 10.4. The van der Waals surface area contributed by atoms with Gasteiger partial charge < -0.3 is 1.43 Å². The summed E-state index contributed by atoms with van der Waals surface area (Å²) in [5.41, 5.74) is 0. The third kappa shape index (κ3) is 2.73. The zero-order valence-corrected chi connectivity index (χ0v) is 7.67. The van der Waals surface area contributed by atoms with Crippen LogP contribution >= 0.6 is 11.6 Å². The van der Waals surface area contributed by atoms with E-state index in [1.165, 1.54) is 0 Å². The summed E-state index contributed by atoms with van der Waals surface area (Å²) < 4.78 is 29.4. The van der Waals surface area contributed by atoms with Crippen LogP contribution in [-0.4, -0.2) is 22.9 Å². The zero-order valence-electron chi connectivity index (χ0n) is 7.10. The third-order valence-electron chi connectivity index (χ3n) is 0.911. The van der Waals surface area contributed by atoms with E-state index in [1.807, 2.05) is 0 Å². The van der Waals surface area contributed by atoms with Gasteiger partial charge in [-0.15, -0.1) is 0 Å². The number of rotatable bonds is 1. The van der Waals surface area contributed by atoms with Gasteiger partial charge in [0, 0.05) is 0 Å².